The van der Waals surface area contributed by atoms with E-state index < -0.39 is 0 Å². The van der Waals surface area contributed by atoms with Gasteiger partial charge in [0.1, 0.15) is 17.5 Å². The number of nitrogens with zero attached hydrogens (tertiary/aromatic N) is 2. The second-order valence-corrected chi connectivity index (χ2v) is 5.16. The van der Waals surface area contributed by atoms with Crippen molar-refractivity contribution < 1.29 is 9.53 Å². The van der Waals surface area contributed by atoms with Gasteiger partial charge in [0.2, 0.25) is 11.8 Å². The van der Waals surface area contributed by atoms with Crippen molar-refractivity contribution in [2.75, 3.05) is 17.7 Å². The Hall–Kier alpha value is -2.59. The summed E-state index contributed by atoms with van der Waals surface area (Å²) in [5.74, 6) is 0.208. The van der Waals surface area contributed by atoms with Gasteiger partial charge in [-0.15, -0.1) is 11.3 Å². The zero-order chi connectivity index (χ0) is 15.2. The number of amides is 1. The van der Waals surface area contributed by atoms with Gasteiger partial charge in [0.05, 0.1) is 18.7 Å². The number of hydrogen-bond donors (Lipinski definition) is 2. The van der Waals surface area contributed by atoms with Crippen LogP contribution in [0.3, 0.4) is 0 Å². The normalized spacial score (nSPS) is 9.90. The first-order chi connectivity index (χ1) is 10.1. The molecular weight excluding hydrogens is 288 g/mol. The second kappa shape index (κ2) is 6.72. The van der Waals surface area contributed by atoms with Crippen molar-refractivity contribution in [3.8, 4) is 11.9 Å². The molecule has 2 aromatic heterocycles. The van der Waals surface area contributed by atoms with Gasteiger partial charge < -0.3 is 15.8 Å². The Morgan fingerprint density at radius 2 is 2.43 bits per heavy atom. The Bertz CT molecular complexity index is 677. The van der Waals surface area contributed by atoms with Crippen LogP contribution in [0.15, 0.2) is 23.6 Å². The third kappa shape index (κ3) is 3.70. The van der Waals surface area contributed by atoms with Gasteiger partial charge in [-0.3, -0.25) is 4.79 Å². The van der Waals surface area contributed by atoms with Gasteiger partial charge in [-0.25, -0.2) is 0 Å². The lowest BCUT2D eigenvalue weighted by molar-refractivity contribution is -0.115. The Kier molecular flexibility index (Phi) is 4.74. The van der Waals surface area contributed by atoms with Crippen molar-refractivity contribution in [1.29, 1.82) is 5.26 Å². The number of aromatic nitrogens is 1. The molecular formula is C14H14N4O2S. The average molecular weight is 302 g/mol. The molecule has 7 heteroatoms. The Morgan fingerprint density at radius 3 is 3.05 bits per heavy atom. The SMILES string of the molecule is CCOc1nc(NC(=O)Cc2cccs2)cc(N)c1C#N. The van der Waals surface area contributed by atoms with Crippen LogP contribution in [0.25, 0.3) is 0 Å². The minimum Gasteiger partial charge on any atom is -0.477 e. The van der Waals surface area contributed by atoms with E-state index in [1.165, 1.54) is 17.4 Å². The van der Waals surface area contributed by atoms with Crippen LogP contribution in [0.5, 0.6) is 5.88 Å². The summed E-state index contributed by atoms with van der Waals surface area (Å²) in [6.45, 7) is 2.13. The maximum absolute atomic E-state index is 11.9. The van der Waals surface area contributed by atoms with E-state index in [0.29, 0.717) is 6.61 Å². The number of nitrogen functional groups attached to an aromatic ring is 1. The molecule has 108 valence electrons. The zero-order valence-corrected chi connectivity index (χ0v) is 12.2. The van der Waals surface area contributed by atoms with Crippen molar-refractivity contribution in [2.24, 2.45) is 0 Å². The van der Waals surface area contributed by atoms with Gasteiger partial charge in [0.25, 0.3) is 0 Å². The van der Waals surface area contributed by atoms with Gasteiger partial charge in [-0.05, 0) is 18.4 Å². The first-order valence-electron chi connectivity index (χ1n) is 6.29. The number of nitriles is 1. The number of ether oxygens (including phenoxy) is 1. The minimum atomic E-state index is -0.198. The number of nitrogens with two attached hydrogens (primary N) is 1. The highest BCUT2D eigenvalue weighted by Crippen LogP contribution is 2.25. The second-order valence-electron chi connectivity index (χ2n) is 4.13. The van der Waals surface area contributed by atoms with Crippen LogP contribution >= 0.6 is 11.3 Å². The van der Waals surface area contributed by atoms with E-state index in [1.807, 2.05) is 23.6 Å². The molecule has 0 saturated carbocycles. The zero-order valence-electron chi connectivity index (χ0n) is 11.4. The predicted octanol–water partition coefficient (Wildman–Crippen LogP) is 2.18. The number of thiophene rings is 1. The van der Waals surface area contributed by atoms with Crippen molar-refractivity contribution in [1.82, 2.24) is 4.98 Å². The molecule has 0 saturated heterocycles. The molecule has 0 aliphatic carbocycles. The van der Waals surface area contributed by atoms with Crippen LogP contribution in [0, 0.1) is 11.3 Å². The molecule has 0 aliphatic heterocycles. The van der Waals surface area contributed by atoms with E-state index in [2.05, 4.69) is 10.3 Å². The van der Waals surface area contributed by atoms with E-state index in [1.54, 1.807) is 6.92 Å². The van der Waals surface area contributed by atoms with Crippen molar-refractivity contribution >= 4 is 28.7 Å². The monoisotopic (exact) mass is 302 g/mol. The molecule has 0 unspecified atom stereocenters. The molecule has 2 rings (SSSR count). The molecule has 0 fully saturated rings. The summed E-state index contributed by atoms with van der Waals surface area (Å²) in [4.78, 5) is 17.0. The average Bonchev–Trinajstić information content (AvgIpc) is 2.91. The molecule has 0 radical (unpaired) electrons. The predicted molar refractivity (Wildman–Crippen MR) is 81.2 cm³/mol. The van der Waals surface area contributed by atoms with Gasteiger partial charge in [0, 0.05) is 10.9 Å². The number of carbonyl (C=O) groups is 1. The van der Waals surface area contributed by atoms with Crippen molar-refractivity contribution in [3.63, 3.8) is 0 Å². The minimum absolute atomic E-state index is 0.131. The molecule has 0 aliphatic rings. The standard InChI is InChI=1S/C14H14N4O2S/c1-2-20-14-10(8-15)11(16)7-12(18-14)17-13(19)6-9-4-3-5-21-9/h3-5,7H,2,6H2,1H3,(H3,16,17,18,19). The Balaban J connectivity index is 2.16. The lowest BCUT2D eigenvalue weighted by Crippen LogP contribution is -2.15. The summed E-state index contributed by atoms with van der Waals surface area (Å²) < 4.78 is 5.27. The van der Waals surface area contributed by atoms with Crippen LogP contribution in [0.1, 0.15) is 17.4 Å². The summed E-state index contributed by atoms with van der Waals surface area (Å²) in [5, 5.41) is 13.6. The molecule has 1 amide bonds. The number of rotatable bonds is 5. The van der Waals surface area contributed by atoms with Gasteiger partial charge in [0.15, 0.2) is 0 Å². The Morgan fingerprint density at radius 1 is 1.62 bits per heavy atom. The maximum Gasteiger partial charge on any atom is 0.235 e. The molecule has 3 N–H and O–H groups in total. The van der Waals surface area contributed by atoms with E-state index in [9.17, 15) is 4.79 Å². The third-order valence-corrected chi connectivity index (χ3v) is 3.47. The van der Waals surface area contributed by atoms with Crippen LogP contribution in [-0.2, 0) is 11.2 Å². The highest BCUT2D eigenvalue weighted by Gasteiger charge is 2.13. The summed E-state index contributed by atoms with van der Waals surface area (Å²) in [5.41, 5.74) is 6.18. The van der Waals surface area contributed by atoms with Gasteiger partial charge in [-0.1, -0.05) is 6.07 Å². The molecule has 2 aromatic rings. The van der Waals surface area contributed by atoms with Crippen LogP contribution in [-0.4, -0.2) is 17.5 Å². The molecule has 2 heterocycles. The topological polar surface area (TPSA) is 101 Å². The van der Waals surface area contributed by atoms with E-state index >= 15 is 0 Å². The van der Waals surface area contributed by atoms with Crippen LogP contribution in [0.2, 0.25) is 0 Å². The molecule has 0 aromatic carbocycles. The first-order valence-corrected chi connectivity index (χ1v) is 7.17. The van der Waals surface area contributed by atoms with Crippen molar-refractivity contribution in [3.05, 3.63) is 34.0 Å². The highest BCUT2D eigenvalue weighted by molar-refractivity contribution is 7.10. The van der Waals surface area contributed by atoms with Gasteiger partial charge >= 0.3 is 0 Å². The lowest BCUT2D eigenvalue weighted by atomic mass is 10.2. The molecule has 0 bridgehead atoms. The van der Waals surface area contributed by atoms with Gasteiger partial charge in [-0.2, -0.15) is 10.2 Å². The molecule has 0 atom stereocenters. The fourth-order valence-corrected chi connectivity index (χ4v) is 2.42. The number of hydrogen-bond acceptors (Lipinski definition) is 6. The first kappa shape index (κ1) is 14.8. The third-order valence-electron chi connectivity index (χ3n) is 2.59. The number of pyridine rings is 1. The van der Waals surface area contributed by atoms with Crippen LogP contribution in [0.4, 0.5) is 11.5 Å². The molecule has 6 nitrogen and oxygen atoms in total. The van der Waals surface area contributed by atoms with Crippen molar-refractivity contribution in [2.45, 2.75) is 13.3 Å². The number of nitrogens with one attached hydrogen (secondary N) is 1. The summed E-state index contributed by atoms with van der Waals surface area (Å²) >= 11 is 1.51. The number of carbonyl (C=O) groups excluding carboxylic acids is 1. The summed E-state index contributed by atoms with van der Waals surface area (Å²) in [6, 6.07) is 7.17. The fourth-order valence-electron chi connectivity index (χ4n) is 1.72. The number of anilines is 2. The smallest absolute Gasteiger partial charge is 0.235 e. The quantitative estimate of drug-likeness (QED) is 0.881. The maximum atomic E-state index is 11.9. The largest absolute Gasteiger partial charge is 0.477 e. The molecule has 0 spiro atoms. The van der Waals surface area contributed by atoms with E-state index in [4.69, 9.17) is 15.7 Å². The molecule has 21 heavy (non-hydrogen) atoms. The highest BCUT2D eigenvalue weighted by atomic mass is 32.1. The fraction of sp³-hybridized carbons (Fsp3) is 0.214. The summed E-state index contributed by atoms with van der Waals surface area (Å²) in [7, 11) is 0. The van der Waals surface area contributed by atoms with Crippen LogP contribution < -0.4 is 15.8 Å². The summed E-state index contributed by atoms with van der Waals surface area (Å²) in [6.07, 6.45) is 0.267. The van der Waals surface area contributed by atoms with E-state index in [-0.39, 0.29) is 35.3 Å². The van der Waals surface area contributed by atoms with E-state index in [0.717, 1.165) is 4.88 Å². The lowest BCUT2D eigenvalue weighted by Gasteiger charge is -2.10. The Labute approximate surface area is 126 Å².